The second-order valence-corrected chi connectivity index (χ2v) is 8.13. The third kappa shape index (κ3) is 5.06. The molecule has 1 saturated heterocycles. The fourth-order valence-corrected chi connectivity index (χ4v) is 4.03. The maximum Gasteiger partial charge on any atom is 0.262 e. The van der Waals surface area contributed by atoms with Crippen LogP contribution in [-0.2, 0) is 19.6 Å². The van der Waals surface area contributed by atoms with Gasteiger partial charge in [0.05, 0.1) is 18.1 Å². The number of anilines is 1. The Hall–Kier alpha value is -2.42. The predicted molar refractivity (Wildman–Crippen MR) is 101 cm³/mol. The fraction of sp³-hybridized carbons (Fsp3) is 0.316. The van der Waals surface area contributed by atoms with Gasteiger partial charge in [-0.05, 0) is 43.3 Å². The number of carbonyl (C=O) groups excluding carboxylic acids is 1. The van der Waals surface area contributed by atoms with E-state index in [0.29, 0.717) is 37.7 Å². The molecule has 1 amide bonds. The molecule has 3 rings (SSSR count). The van der Waals surface area contributed by atoms with E-state index in [9.17, 15) is 13.2 Å². The molecule has 1 heterocycles. The second kappa shape index (κ2) is 8.51. The highest BCUT2D eigenvalue weighted by Gasteiger charge is 2.26. The summed E-state index contributed by atoms with van der Waals surface area (Å²) in [6.45, 7) is 3.33. The summed E-state index contributed by atoms with van der Waals surface area (Å²) in [6.07, 6.45) is 0. The average molecular weight is 390 g/mol. The number of amides is 1. The molecule has 2 aromatic carbocycles. The summed E-state index contributed by atoms with van der Waals surface area (Å²) in [5.41, 5.74) is 1.62. The smallest absolute Gasteiger partial charge is 0.262 e. The minimum Gasteiger partial charge on any atom is -0.484 e. The van der Waals surface area contributed by atoms with E-state index < -0.39 is 10.0 Å². The number of sulfonamides is 1. The predicted octanol–water partition coefficient (Wildman–Crippen LogP) is 2.03. The average Bonchev–Trinajstić information content (AvgIpc) is 2.69. The molecule has 0 radical (unpaired) electrons. The van der Waals surface area contributed by atoms with Crippen molar-refractivity contribution in [1.82, 2.24) is 4.31 Å². The molecule has 0 aromatic heterocycles. The van der Waals surface area contributed by atoms with Gasteiger partial charge in [-0.15, -0.1) is 0 Å². The van der Waals surface area contributed by atoms with Gasteiger partial charge in [-0.3, -0.25) is 4.79 Å². The molecule has 0 spiro atoms. The molecular formula is C19H22N2O5S. The first-order chi connectivity index (χ1) is 12.9. The van der Waals surface area contributed by atoms with Crippen molar-refractivity contribution in [3.05, 3.63) is 54.1 Å². The van der Waals surface area contributed by atoms with Crippen molar-refractivity contribution in [2.45, 2.75) is 11.8 Å². The fourth-order valence-electron chi connectivity index (χ4n) is 2.63. The van der Waals surface area contributed by atoms with Crippen molar-refractivity contribution < 1.29 is 22.7 Å². The number of carbonyl (C=O) groups is 1. The number of ether oxygens (including phenoxy) is 2. The van der Waals surface area contributed by atoms with Gasteiger partial charge in [-0.1, -0.05) is 17.7 Å². The Labute approximate surface area is 158 Å². The summed E-state index contributed by atoms with van der Waals surface area (Å²) in [7, 11) is -3.54. The van der Waals surface area contributed by atoms with Gasteiger partial charge in [0.15, 0.2) is 6.61 Å². The number of nitrogens with zero attached hydrogens (tertiary/aromatic N) is 1. The highest BCUT2D eigenvalue weighted by molar-refractivity contribution is 7.89. The van der Waals surface area contributed by atoms with Gasteiger partial charge < -0.3 is 14.8 Å². The van der Waals surface area contributed by atoms with Crippen LogP contribution in [0.3, 0.4) is 0 Å². The first-order valence-corrected chi connectivity index (χ1v) is 10.1. The topological polar surface area (TPSA) is 84.9 Å². The number of hydrogen-bond acceptors (Lipinski definition) is 5. The third-order valence-corrected chi connectivity index (χ3v) is 6.05. The Bertz CT molecular complexity index is 873. The molecule has 1 N–H and O–H groups in total. The van der Waals surface area contributed by atoms with Gasteiger partial charge in [-0.2, -0.15) is 4.31 Å². The lowest BCUT2D eigenvalue weighted by Gasteiger charge is -2.26. The summed E-state index contributed by atoms with van der Waals surface area (Å²) in [5.74, 6) is 0.294. The molecular weight excluding hydrogens is 368 g/mol. The highest BCUT2D eigenvalue weighted by atomic mass is 32.2. The molecule has 27 heavy (non-hydrogen) atoms. The van der Waals surface area contributed by atoms with E-state index in [1.807, 2.05) is 19.1 Å². The summed E-state index contributed by atoms with van der Waals surface area (Å²) in [4.78, 5) is 12.2. The van der Waals surface area contributed by atoms with Gasteiger partial charge in [0, 0.05) is 18.8 Å². The molecule has 0 saturated carbocycles. The number of rotatable bonds is 6. The maximum absolute atomic E-state index is 12.6. The van der Waals surface area contributed by atoms with Gasteiger partial charge in [-0.25, -0.2) is 8.42 Å². The molecule has 7 nitrogen and oxygen atoms in total. The zero-order chi connectivity index (χ0) is 19.3. The van der Waals surface area contributed by atoms with Crippen LogP contribution in [-0.4, -0.2) is 51.5 Å². The van der Waals surface area contributed by atoms with Crippen molar-refractivity contribution in [3.63, 3.8) is 0 Å². The number of hydrogen-bond donors (Lipinski definition) is 1. The molecule has 144 valence electrons. The normalized spacial score (nSPS) is 15.3. The largest absolute Gasteiger partial charge is 0.484 e. The van der Waals surface area contributed by atoms with Crippen LogP contribution in [0.25, 0.3) is 0 Å². The quantitative estimate of drug-likeness (QED) is 0.816. The lowest BCUT2D eigenvalue weighted by molar-refractivity contribution is -0.118. The van der Waals surface area contributed by atoms with Crippen molar-refractivity contribution in [2.24, 2.45) is 0 Å². The van der Waals surface area contributed by atoms with Crippen LogP contribution in [0, 0.1) is 6.92 Å². The van der Waals surface area contributed by atoms with E-state index in [4.69, 9.17) is 9.47 Å². The lowest BCUT2D eigenvalue weighted by Crippen LogP contribution is -2.40. The number of benzene rings is 2. The molecule has 1 aliphatic rings. The lowest BCUT2D eigenvalue weighted by atomic mass is 10.2. The van der Waals surface area contributed by atoms with Gasteiger partial charge >= 0.3 is 0 Å². The molecule has 0 atom stereocenters. The summed E-state index contributed by atoms with van der Waals surface area (Å²) in [6, 6.07) is 13.5. The van der Waals surface area contributed by atoms with Crippen LogP contribution < -0.4 is 10.1 Å². The Kier molecular flexibility index (Phi) is 6.10. The van der Waals surface area contributed by atoms with E-state index in [1.165, 1.54) is 16.4 Å². The van der Waals surface area contributed by atoms with Crippen molar-refractivity contribution >= 4 is 21.6 Å². The first kappa shape index (κ1) is 19.3. The van der Waals surface area contributed by atoms with Crippen molar-refractivity contribution in [2.75, 3.05) is 38.2 Å². The van der Waals surface area contributed by atoms with Crippen molar-refractivity contribution in [1.29, 1.82) is 0 Å². The van der Waals surface area contributed by atoms with Gasteiger partial charge in [0.25, 0.3) is 5.91 Å². The summed E-state index contributed by atoms with van der Waals surface area (Å²) >= 11 is 0. The highest BCUT2D eigenvalue weighted by Crippen LogP contribution is 2.19. The monoisotopic (exact) mass is 390 g/mol. The van der Waals surface area contributed by atoms with Crippen LogP contribution in [0.2, 0.25) is 0 Å². The summed E-state index contributed by atoms with van der Waals surface area (Å²) in [5, 5.41) is 2.69. The van der Waals surface area contributed by atoms with E-state index in [2.05, 4.69) is 5.32 Å². The van der Waals surface area contributed by atoms with E-state index in [1.54, 1.807) is 24.3 Å². The van der Waals surface area contributed by atoms with E-state index in [-0.39, 0.29) is 17.4 Å². The van der Waals surface area contributed by atoms with Crippen LogP contribution >= 0.6 is 0 Å². The number of nitrogens with one attached hydrogen (secondary N) is 1. The minimum absolute atomic E-state index is 0.128. The zero-order valence-corrected chi connectivity index (χ0v) is 15.9. The number of aryl methyl sites for hydroxylation is 1. The Balaban J connectivity index is 1.56. The summed E-state index contributed by atoms with van der Waals surface area (Å²) < 4.78 is 37.2. The van der Waals surface area contributed by atoms with Crippen LogP contribution in [0.5, 0.6) is 5.75 Å². The third-order valence-electron chi connectivity index (χ3n) is 4.14. The van der Waals surface area contributed by atoms with Crippen LogP contribution in [0.15, 0.2) is 53.4 Å². The standard InChI is InChI=1S/C19H22N2O5S/c1-15-2-6-17(7-3-15)26-14-19(22)20-16-4-8-18(9-5-16)27(23,24)21-10-12-25-13-11-21/h2-9H,10-14H2,1H3,(H,20,22). The molecule has 1 fully saturated rings. The maximum atomic E-state index is 12.6. The van der Waals surface area contributed by atoms with Gasteiger partial charge in [0.2, 0.25) is 10.0 Å². The molecule has 8 heteroatoms. The zero-order valence-electron chi connectivity index (χ0n) is 15.1. The van der Waals surface area contributed by atoms with E-state index >= 15 is 0 Å². The molecule has 1 aliphatic heterocycles. The number of morpholine rings is 1. The SMILES string of the molecule is Cc1ccc(OCC(=O)Nc2ccc(S(=O)(=O)N3CCOCC3)cc2)cc1. The molecule has 0 unspecified atom stereocenters. The minimum atomic E-state index is -3.54. The Morgan fingerprint density at radius 3 is 2.33 bits per heavy atom. The van der Waals surface area contributed by atoms with E-state index in [0.717, 1.165) is 5.56 Å². The van der Waals surface area contributed by atoms with Crippen LogP contribution in [0.4, 0.5) is 5.69 Å². The Morgan fingerprint density at radius 2 is 1.70 bits per heavy atom. The molecule has 0 aliphatic carbocycles. The second-order valence-electron chi connectivity index (χ2n) is 6.19. The molecule has 2 aromatic rings. The van der Waals surface area contributed by atoms with Crippen molar-refractivity contribution in [3.8, 4) is 5.75 Å². The van der Waals surface area contributed by atoms with Crippen LogP contribution in [0.1, 0.15) is 5.56 Å². The Morgan fingerprint density at radius 1 is 1.07 bits per heavy atom. The van der Waals surface area contributed by atoms with Gasteiger partial charge in [0.1, 0.15) is 5.75 Å². The first-order valence-electron chi connectivity index (χ1n) is 8.62. The molecule has 0 bridgehead atoms.